The van der Waals surface area contributed by atoms with Crippen LogP contribution >= 0.6 is 0 Å². The van der Waals surface area contributed by atoms with Crippen LogP contribution in [0, 0.1) is 0 Å². The van der Waals surface area contributed by atoms with E-state index in [1.54, 1.807) is 24.3 Å². The van der Waals surface area contributed by atoms with E-state index < -0.39 is 10.0 Å². The van der Waals surface area contributed by atoms with Crippen LogP contribution in [0.15, 0.2) is 53.4 Å². The van der Waals surface area contributed by atoms with E-state index >= 15 is 0 Å². The van der Waals surface area contributed by atoms with Crippen molar-refractivity contribution in [1.82, 2.24) is 0 Å². The van der Waals surface area contributed by atoms with E-state index in [0.717, 1.165) is 0 Å². The second-order valence-corrected chi connectivity index (χ2v) is 5.53. The van der Waals surface area contributed by atoms with Crippen molar-refractivity contribution < 1.29 is 13.2 Å². The van der Waals surface area contributed by atoms with Crippen LogP contribution in [0.4, 0.5) is 11.4 Å². The quantitative estimate of drug-likeness (QED) is 0.839. The van der Waals surface area contributed by atoms with Crippen LogP contribution in [0.5, 0.6) is 5.75 Å². The maximum Gasteiger partial charge on any atom is 0.265 e. The summed E-state index contributed by atoms with van der Waals surface area (Å²) in [6.07, 6.45) is 0. The van der Waals surface area contributed by atoms with Gasteiger partial charge in [0.2, 0.25) is 0 Å². The van der Waals surface area contributed by atoms with Gasteiger partial charge >= 0.3 is 0 Å². The molecule has 2 rings (SSSR count). The SMILES string of the molecule is COc1cc(N)ccc1S(=O)(=O)Nc1ccccc1. The van der Waals surface area contributed by atoms with Gasteiger partial charge in [0.15, 0.2) is 0 Å². The van der Waals surface area contributed by atoms with Gasteiger partial charge in [-0.3, -0.25) is 4.72 Å². The lowest BCUT2D eigenvalue weighted by molar-refractivity contribution is 0.403. The molecule has 0 spiro atoms. The van der Waals surface area contributed by atoms with Crippen molar-refractivity contribution >= 4 is 21.4 Å². The van der Waals surface area contributed by atoms with Gasteiger partial charge in [0.05, 0.1) is 7.11 Å². The molecule has 6 heteroatoms. The van der Waals surface area contributed by atoms with Crippen molar-refractivity contribution in [3.05, 3.63) is 48.5 Å². The number of sulfonamides is 1. The number of hydrogen-bond donors (Lipinski definition) is 2. The first-order valence-electron chi connectivity index (χ1n) is 5.54. The van der Waals surface area contributed by atoms with Crippen molar-refractivity contribution in [1.29, 1.82) is 0 Å². The topological polar surface area (TPSA) is 81.4 Å². The zero-order chi connectivity index (χ0) is 13.9. The molecule has 0 aliphatic carbocycles. The standard InChI is InChI=1S/C13H14N2O3S/c1-18-12-9-10(14)7-8-13(12)19(16,17)15-11-5-3-2-4-6-11/h2-9,15H,14H2,1H3. The first-order chi connectivity index (χ1) is 9.03. The summed E-state index contributed by atoms with van der Waals surface area (Å²) < 4.78 is 32.1. The maximum absolute atomic E-state index is 12.3. The fourth-order valence-electron chi connectivity index (χ4n) is 1.62. The minimum atomic E-state index is -3.70. The molecule has 2 aromatic rings. The zero-order valence-corrected chi connectivity index (χ0v) is 11.1. The first kappa shape index (κ1) is 13.2. The van der Waals surface area contributed by atoms with Gasteiger partial charge in [-0.25, -0.2) is 8.42 Å². The van der Waals surface area contributed by atoms with Crippen LogP contribution in [0.25, 0.3) is 0 Å². The third-order valence-corrected chi connectivity index (χ3v) is 3.92. The predicted octanol–water partition coefficient (Wildman–Crippen LogP) is 2.08. The molecule has 3 N–H and O–H groups in total. The van der Waals surface area contributed by atoms with E-state index in [0.29, 0.717) is 11.4 Å². The largest absolute Gasteiger partial charge is 0.495 e. The van der Waals surface area contributed by atoms with Crippen molar-refractivity contribution in [2.24, 2.45) is 0 Å². The summed E-state index contributed by atoms with van der Waals surface area (Å²) in [6.45, 7) is 0. The highest BCUT2D eigenvalue weighted by Gasteiger charge is 2.19. The number of nitrogens with two attached hydrogens (primary N) is 1. The molecule has 2 aromatic carbocycles. The van der Waals surface area contributed by atoms with Gasteiger partial charge in [0.25, 0.3) is 10.0 Å². The Bertz CT molecular complexity index is 670. The Labute approximate surface area is 112 Å². The molecule has 19 heavy (non-hydrogen) atoms. The minimum Gasteiger partial charge on any atom is -0.495 e. The van der Waals surface area contributed by atoms with Crippen molar-refractivity contribution in [2.45, 2.75) is 4.90 Å². The molecule has 0 amide bonds. The molecule has 0 radical (unpaired) electrons. The van der Waals surface area contributed by atoms with Crippen LogP contribution in [0.2, 0.25) is 0 Å². The number of methoxy groups -OCH3 is 1. The van der Waals surface area contributed by atoms with E-state index in [9.17, 15) is 8.42 Å². The lowest BCUT2D eigenvalue weighted by Crippen LogP contribution is -2.14. The third-order valence-electron chi connectivity index (χ3n) is 2.50. The molecule has 0 saturated heterocycles. The van der Waals surface area contributed by atoms with Crippen LogP contribution in [0.1, 0.15) is 0 Å². The van der Waals surface area contributed by atoms with E-state index in [1.807, 2.05) is 6.07 Å². The Kier molecular flexibility index (Phi) is 3.62. The van der Waals surface area contributed by atoms with Crippen LogP contribution in [0.3, 0.4) is 0 Å². The van der Waals surface area contributed by atoms with E-state index in [1.165, 1.54) is 25.3 Å². The Morgan fingerprint density at radius 2 is 1.79 bits per heavy atom. The predicted molar refractivity (Wildman–Crippen MR) is 74.7 cm³/mol. The minimum absolute atomic E-state index is 0.0491. The van der Waals surface area contributed by atoms with Gasteiger partial charge in [-0.2, -0.15) is 0 Å². The summed E-state index contributed by atoms with van der Waals surface area (Å²) in [7, 11) is -2.30. The summed E-state index contributed by atoms with van der Waals surface area (Å²) in [4.78, 5) is 0.0491. The molecular formula is C13H14N2O3S. The van der Waals surface area contributed by atoms with Crippen LogP contribution < -0.4 is 15.2 Å². The number of nitrogens with one attached hydrogen (secondary N) is 1. The Balaban J connectivity index is 2.40. The van der Waals surface area contributed by atoms with Gasteiger partial charge in [-0.15, -0.1) is 0 Å². The van der Waals surface area contributed by atoms with E-state index in [-0.39, 0.29) is 10.6 Å². The Morgan fingerprint density at radius 1 is 1.11 bits per heavy atom. The Hall–Kier alpha value is -2.21. The summed E-state index contributed by atoms with van der Waals surface area (Å²) in [5.41, 5.74) is 6.53. The van der Waals surface area contributed by atoms with Crippen molar-refractivity contribution in [2.75, 3.05) is 17.6 Å². The lowest BCUT2D eigenvalue weighted by atomic mass is 10.3. The molecule has 5 nitrogen and oxygen atoms in total. The number of hydrogen-bond acceptors (Lipinski definition) is 4. The normalized spacial score (nSPS) is 11.0. The number of benzene rings is 2. The number of rotatable bonds is 4. The number of ether oxygens (including phenoxy) is 1. The first-order valence-corrected chi connectivity index (χ1v) is 7.02. The summed E-state index contributed by atoms with van der Waals surface area (Å²) in [5, 5.41) is 0. The van der Waals surface area contributed by atoms with E-state index in [4.69, 9.17) is 10.5 Å². The van der Waals surface area contributed by atoms with Crippen molar-refractivity contribution in [3.63, 3.8) is 0 Å². The average molecular weight is 278 g/mol. The molecule has 0 heterocycles. The fourth-order valence-corrected chi connectivity index (χ4v) is 2.83. The lowest BCUT2D eigenvalue weighted by Gasteiger charge is -2.11. The summed E-state index contributed by atoms with van der Waals surface area (Å²) in [6, 6.07) is 13.0. The highest BCUT2D eigenvalue weighted by Crippen LogP contribution is 2.27. The van der Waals surface area contributed by atoms with Gasteiger partial charge < -0.3 is 10.5 Å². The molecule has 0 atom stereocenters. The number of nitrogen functional groups attached to an aromatic ring is 1. The smallest absolute Gasteiger partial charge is 0.265 e. The third kappa shape index (κ3) is 2.97. The molecule has 0 aromatic heterocycles. The monoisotopic (exact) mass is 278 g/mol. The van der Waals surface area contributed by atoms with Crippen molar-refractivity contribution in [3.8, 4) is 5.75 Å². The molecule has 0 unspecified atom stereocenters. The Morgan fingerprint density at radius 3 is 2.42 bits per heavy atom. The van der Waals surface area contributed by atoms with Crippen LogP contribution in [-0.4, -0.2) is 15.5 Å². The van der Waals surface area contributed by atoms with Gasteiger partial charge in [-0.1, -0.05) is 18.2 Å². The molecular weight excluding hydrogens is 264 g/mol. The second kappa shape index (κ2) is 5.19. The molecule has 0 aliphatic rings. The molecule has 0 saturated carbocycles. The number of para-hydroxylation sites is 1. The van der Waals surface area contributed by atoms with E-state index in [2.05, 4.69) is 4.72 Å². The fraction of sp³-hybridized carbons (Fsp3) is 0.0769. The molecule has 0 aliphatic heterocycles. The average Bonchev–Trinajstić information content (AvgIpc) is 2.38. The number of anilines is 2. The van der Waals surface area contributed by atoms with Crippen LogP contribution in [-0.2, 0) is 10.0 Å². The van der Waals surface area contributed by atoms with Gasteiger partial charge in [-0.05, 0) is 24.3 Å². The highest BCUT2D eigenvalue weighted by molar-refractivity contribution is 7.92. The summed E-state index contributed by atoms with van der Waals surface area (Å²) >= 11 is 0. The molecule has 0 bridgehead atoms. The molecule has 100 valence electrons. The second-order valence-electron chi connectivity index (χ2n) is 3.88. The summed E-state index contributed by atoms with van der Waals surface area (Å²) in [5.74, 6) is 0.212. The van der Waals surface area contributed by atoms with Gasteiger partial charge in [0, 0.05) is 17.4 Å². The zero-order valence-electron chi connectivity index (χ0n) is 10.3. The maximum atomic E-state index is 12.3. The van der Waals surface area contributed by atoms with Gasteiger partial charge in [0.1, 0.15) is 10.6 Å². The highest BCUT2D eigenvalue weighted by atomic mass is 32.2. The molecule has 0 fully saturated rings.